The van der Waals surface area contributed by atoms with E-state index >= 15 is 0 Å². The number of aromatic nitrogens is 4. The zero-order chi connectivity index (χ0) is 83.6. The number of aliphatic imine (C=N–C) groups is 8. The van der Waals surface area contributed by atoms with Gasteiger partial charge >= 0.3 is 131 Å². The Morgan fingerprint density at radius 2 is 0.287 bits per heavy atom. The van der Waals surface area contributed by atoms with Gasteiger partial charge in [0.25, 0.3) is 0 Å². The molecule has 0 saturated heterocycles. The summed E-state index contributed by atoms with van der Waals surface area (Å²) in [6, 6.07) is 57.0. The van der Waals surface area contributed by atoms with Crippen LogP contribution in [0.1, 0.15) is 70.2 Å². The van der Waals surface area contributed by atoms with Crippen molar-refractivity contribution in [1.29, 1.82) is 0 Å². The van der Waals surface area contributed by atoms with Gasteiger partial charge in [-0.1, -0.05) is 170 Å². The van der Waals surface area contributed by atoms with Crippen LogP contribution in [0.2, 0.25) is 0 Å². The molecule has 0 unspecified atom stereocenters. The van der Waals surface area contributed by atoms with E-state index in [-0.39, 0.29) is 175 Å². The molecule has 0 spiro atoms. The Kier molecular flexibility index (Phi) is 64.1. The van der Waals surface area contributed by atoms with Crippen LogP contribution in [0.4, 0.5) is 0 Å². The van der Waals surface area contributed by atoms with Crippen molar-refractivity contribution < 1.29 is 212 Å². The molecule has 0 fully saturated rings. The largest absolute Gasteiger partial charge is 4.00 e. The van der Waals surface area contributed by atoms with Crippen molar-refractivity contribution in [2.24, 2.45) is 39.9 Å². The van der Waals surface area contributed by atoms with Gasteiger partial charge in [-0.15, -0.1) is 92.0 Å². The first-order valence-corrected chi connectivity index (χ1v) is 35.5. The SMILES string of the molecule is [Cu+2].[Cu+2].[Cu+2].[Cu+2].[O-]c1cccc(C=NCCCN=Cc2cccc([O-])c2[O-])c1[O-].[O-]c1cccc(C=NCCCN=Cc2cccc([O-])c2[O-])c1[O-].[O-]c1cccc(C=NCCCN=Cc2cccc([O-])c2[O-])c1[O-].[O-]c1cccc(C=NCCCN=Cc2cccc([O-])c2[O-])c1[O-].[U+4].[U+4].c1ccncc1.c1ccncc1.c1ccncc1.c1ccncc1. The van der Waals surface area contributed by atoms with Gasteiger partial charge in [-0.2, -0.15) is 0 Å². The number of rotatable bonds is 24. The molecule has 0 amide bonds. The van der Waals surface area contributed by atoms with Gasteiger partial charge in [-0.25, -0.2) is 0 Å². The van der Waals surface area contributed by atoms with E-state index in [2.05, 4.69) is 59.9 Å². The predicted octanol–water partition coefficient (Wildman–Crippen LogP) is 3.95. The van der Waals surface area contributed by atoms with Crippen LogP contribution in [0, 0.1) is 62.2 Å². The van der Waals surface area contributed by atoms with Gasteiger partial charge in [-0.3, -0.25) is 59.9 Å². The zero-order valence-electron chi connectivity index (χ0n) is 64.6. The molecule has 0 atom stereocenters. The second-order valence-electron chi connectivity index (χ2n) is 23.2. The van der Waals surface area contributed by atoms with Crippen LogP contribution in [-0.4, -0.2) is 122 Å². The van der Waals surface area contributed by atoms with Crippen molar-refractivity contribution in [1.82, 2.24) is 19.9 Å². The molecule has 4 radical (unpaired) electrons. The molecule has 0 N–H and O–H groups in total. The quantitative estimate of drug-likeness (QED) is 0.0469. The maximum Gasteiger partial charge on any atom is 4.00 e. The summed E-state index contributed by atoms with van der Waals surface area (Å²) in [4.78, 5) is 47.7. The number of hydrogen-bond acceptors (Lipinski definition) is 28. The number of benzene rings is 8. The normalized spacial score (nSPS) is 10.2. The first-order valence-electron chi connectivity index (χ1n) is 35.5. The molecule has 0 saturated carbocycles. The molecule has 4 heterocycles. The molecule has 122 heavy (non-hydrogen) atoms. The molecule has 4 aromatic heterocycles. The van der Waals surface area contributed by atoms with Gasteiger partial charge in [0.05, 0.1) is 0 Å². The molecule has 28 nitrogen and oxygen atoms in total. The van der Waals surface area contributed by atoms with Gasteiger partial charge in [-0.05, 0) is 119 Å². The third kappa shape index (κ3) is 46.5. The van der Waals surface area contributed by atoms with Crippen LogP contribution in [0.5, 0.6) is 92.0 Å². The Morgan fingerprint density at radius 1 is 0.172 bits per heavy atom. The molecule has 12 aromatic rings. The van der Waals surface area contributed by atoms with Gasteiger partial charge in [0.1, 0.15) is 0 Å². The summed E-state index contributed by atoms with van der Waals surface area (Å²) in [5.74, 6) is -8.87. The van der Waals surface area contributed by atoms with Crippen LogP contribution in [0.15, 0.2) is 308 Å². The number of nitrogens with zero attached hydrogens (tertiary/aromatic N) is 12. The van der Waals surface area contributed by atoms with E-state index in [9.17, 15) is 81.7 Å². The van der Waals surface area contributed by atoms with E-state index in [0.29, 0.717) is 78.0 Å². The minimum atomic E-state index is -0.560. The molecule has 0 aliphatic rings. The Labute approximate surface area is 796 Å². The summed E-state index contributed by atoms with van der Waals surface area (Å²) in [5, 5.41) is 181. The second kappa shape index (κ2) is 69.4. The van der Waals surface area contributed by atoms with Crippen molar-refractivity contribution in [2.45, 2.75) is 25.7 Å². The van der Waals surface area contributed by atoms with E-state index in [0.717, 1.165) is 0 Å². The van der Waals surface area contributed by atoms with Crippen LogP contribution < -0.4 is 81.7 Å². The number of hydrogen-bond donors (Lipinski definition) is 0. The van der Waals surface area contributed by atoms with Crippen molar-refractivity contribution in [2.75, 3.05) is 52.4 Å². The molecule has 34 heteroatoms. The summed E-state index contributed by atoms with van der Waals surface area (Å²) >= 11 is 0. The van der Waals surface area contributed by atoms with Gasteiger partial charge in [0.15, 0.2) is 0 Å². The van der Waals surface area contributed by atoms with E-state index in [1.807, 2.05) is 72.8 Å². The fraction of sp³-hybridized carbons (Fsp3) is 0.136. The fourth-order valence-electron chi connectivity index (χ4n) is 8.64. The van der Waals surface area contributed by atoms with Crippen molar-refractivity contribution in [3.63, 3.8) is 0 Å². The van der Waals surface area contributed by atoms with Crippen molar-refractivity contribution >= 4 is 49.7 Å². The van der Waals surface area contributed by atoms with Crippen LogP contribution >= 0.6 is 0 Å². The van der Waals surface area contributed by atoms with E-state index in [1.54, 1.807) is 49.6 Å². The maximum atomic E-state index is 11.5. The second-order valence-corrected chi connectivity index (χ2v) is 23.2. The molecule has 0 aliphatic heterocycles. The Hall–Kier alpha value is -11.3. The summed E-state index contributed by atoms with van der Waals surface area (Å²) < 4.78 is 0. The van der Waals surface area contributed by atoms with Crippen molar-refractivity contribution in [3.05, 3.63) is 312 Å². The minimum absolute atomic E-state index is 0. The fourth-order valence-corrected chi connectivity index (χ4v) is 8.64. The first-order chi connectivity index (χ1) is 56.4. The molecule has 8 aromatic carbocycles. The molecule has 0 aliphatic carbocycles. The van der Waals surface area contributed by atoms with Gasteiger partial charge in [0.2, 0.25) is 0 Å². The molecule has 0 bridgehead atoms. The molecule has 12 rings (SSSR count). The minimum Gasteiger partial charge on any atom is -0.873 e. The summed E-state index contributed by atoms with van der Waals surface area (Å²) in [7, 11) is 0. The van der Waals surface area contributed by atoms with E-state index < -0.39 is 92.0 Å². The Balaban J connectivity index is 0. The Bertz CT molecular complexity index is 4090. The first kappa shape index (κ1) is 113. The standard InChI is InChI=1S/4C17H18N2O4.4C5H5N.4Cu.2U/c4*20-14-6-1-4-12(16(14)22)10-18-8-3-9-19-11-13-5-2-7-15(21)17(13)23;4*1-2-4-6-5-3-1;;;;;;/h4*1-2,4-7,10-11,20-23H,3,8-9H2;4*1-5H;;;;;;/q;;;;;;;;4*+2;2*+4/p-16. The van der Waals surface area contributed by atoms with E-state index in [1.165, 1.54) is 195 Å². The Morgan fingerprint density at radius 3 is 0.377 bits per heavy atom. The van der Waals surface area contributed by atoms with E-state index in [4.69, 9.17) is 0 Å². The van der Waals surface area contributed by atoms with Gasteiger partial charge < -0.3 is 81.7 Å². The average molecular weight is 2290 g/mol. The monoisotopic (exact) mass is 2280 g/mol. The molecular weight excluding hydrogens is 2210 g/mol. The van der Waals surface area contributed by atoms with Gasteiger partial charge in [0, 0.05) is 152 Å². The molecular formula is C88H76Cu4N12O16U2. The predicted molar refractivity (Wildman–Crippen MR) is 418 cm³/mol. The zero-order valence-corrected chi connectivity index (χ0v) is 76.7. The van der Waals surface area contributed by atoms with Crippen molar-refractivity contribution in [3.8, 4) is 92.0 Å². The van der Waals surface area contributed by atoms with Crippen LogP contribution in [0.3, 0.4) is 0 Å². The third-order valence-corrected chi connectivity index (χ3v) is 14.5. The number of para-hydroxylation sites is 8. The summed E-state index contributed by atoms with van der Waals surface area (Å²) in [5.41, 5.74) is 2.14. The van der Waals surface area contributed by atoms with Crippen LogP contribution in [0.25, 0.3) is 0 Å². The smallest absolute Gasteiger partial charge is 0.873 e. The summed E-state index contributed by atoms with van der Waals surface area (Å²) in [6.07, 6.45) is 27.5. The topological polar surface area (TPSA) is 519 Å². The average Bonchev–Trinajstić information content (AvgIpc) is 0.865. The maximum absolute atomic E-state index is 11.5. The van der Waals surface area contributed by atoms with Crippen LogP contribution in [-0.2, 0) is 68.3 Å². The number of pyridine rings is 4. The third-order valence-electron chi connectivity index (χ3n) is 14.5. The molecule has 636 valence electrons. The summed E-state index contributed by atoms with van der Waals surface area (Å²) in [6.45, 7) is 3.49.